The molecule has 0 aliphatic heterocycles. The molecule has 0 radical (unpaired) electrons. The van der Waals surface area contributed by atoms with Crippen LogP contribution in [0.4, 0.5) is 0 Å². The molecule has 0 unspecified atom stereocenters. The van der Waals surface area contributed by atoms with Crippen LogP contribution in [0.5, 0.6) is 0 Å². The van der Waals surface area contributed by atoms with Gasteiger partial charge >= 0.3 is 0 Å². The molecule has 1 N–H and O–H groups in total. The second-order valence-electron chi connectivity index (χ2n) is 5.61. The summed E-state index contributed by atoms with van der Waals surface area (Å²) in [4.78, 5) is 2.27. The third-order valence-electron chi connectivity index (χ3n) is 3.52. The molecule has 0 aliphatic carbocycles. The summed E-state index contributed by atoms with van der Waals surface area (Å²) < 4.78 is 27.1. The van der Waals surface area contributed by atoms with Crippen LogP contribution in [0.2, 0.25) is 0 Å². The van der Waals surface area contributed by atoms with Gasteiger partial charge in [-0.05, 0) is 52.1 Å². The zero-order chi connectivity index (χ0) is 15.4. The number of benzene rings is 1. The lowest BCUT2D eigenvalue weighted by Gasteiger charge is -2.32. The largest absolute Gasteiger partial charge is 0.303 e. The van der Waals surface area contributed by atoms with Gasteiger partial charge in [0.25, 0.3) is 0 Å². The smallest absolute Gasteiger partial charge is 0.240 e. The Morgan fingerprint density at radius 3 is 2.20 bits per heavy atom. The Morgan fingerprint density at radius 1 is 1.20 bits per heavy atom. The molecule has 4 nitrogen and oxygen atoms in total. The van der Waals surface area contributed by atoms with Gasteiger partial charge < -0.3 is 4.90 Å². The molecule has 20 heavy (non-hydrogen) atoms. The van der Waals surface area contributed by atoms with Gasteiger partial charge in [-0.2, -0.15) is 0 Å². The predicted molar refractivity (Wildman–Crippen MR) is 83.8 cm³/mol. The van der Waals surface area contributed by atoms with Gasteiger partial charge in [0, 0.05) is 18.0 Å². The van der Waals surface area contributed by atoms with Gasteiger partial charge in [-0.3, -0.25) is 0 Å². The summed E-state index contributed by atoms with van der Waals surface area (Å²) in [7, 11) is 0.383. The van der Waals surface area contributed by atoms with Crippen molar-refractivity contribution < 1.29 is 8.42 Å². The number of halogens is 1. The van der Waals surface area contributed by atoms with Crippen LogP contribution in [-0.2, 0) is 16.4 Å². The molecule has 6 heteroatoms. The van der Waals surface area contributed by atoms with Crippen molar-refractivity contribution in [3.63, 3.8) is 0 Å². The normalized spacial score (nSPS) is 12.9. The minimum atomic E-state index is -3.47. The van der Waals surface area contributed by atoms with E-state index in [0.29, 0.717) is 12.4 Å². The third-order valence-corrected chi connectivity index (χ3v) is 5.13. The summed E-state index contributed by atoms with van der Waals surface area (Å²) in [5.74, 6) is 0.529. The topological polar surface area (TPSA) is 49.4 Å². The van der Waals surface area contributed by atoms with Crippen molar-refractivity contribution in [1.29, 1.82) is 0 Å². The monoisotopic (exact) mass is 318 g/mol. The Bertz CT molecular complexity index is 525. The number of rotatable bonds is 7. The molecule has 0 atom stereocenters. The highest BCUT2D eigenvalue weighted by molar-refractivity contribution is 7.89. The molecule has 0 aromatic heterocycles. The van der Waals surface area contributed by atoms with Crippen molar-refractivity contribution in [3.05, 3.63) is 29.8 Å². The van der Waals surface area contributed by atoms with Crippen LogP contribution in [-0.4, -0.2) is 45.4 Å². The molecule has 1 aromatic carbocycles. The van der Waals surface area contributed by atoms with Gasteiger partial charge in [-0.25, -0.2) is 13.1 Å². The number of nitrogens with zero attached hydrogens (tertiary/aromatic N) is 1. The highest BCUT2D eigenvalue weighted by Crippen LogP contribution is 2.14. The molecular weight excluding hydrogens is 296 g/mol. The fourth-order valence-electron chi connectivity index (χ4n) is 1.46. The summed E-state index contributed by atoms with van der Waals surface area (Å²) >= 11 is 5.66. The average Bonchev–Trinajstić information content (AvgIpc) is 2.38. The zero-order valence-corrected chi connectivity index (χ0v) is 14.1. The highest BCUT2D eigenvalue weighted by atomic mass is 35.5. The molecule has 0 saturated heterocycles. The Hall–Kier alpha value is -0.620. The molecular formula is C14H23ClN2O2S. The van der Waals surface area contributed by atoms with Gasteiger partial charge in [0.1, 0.15) is 0 Å². The number of hydrogen-bond acceptors (Lipinski definition) is 3. The maximum atomic E-state index is 12.2. The number of sulfonamides is 1. The molecule has 114 valence electrons. The van der Waals surface area contributed by atoms with Crippen LogP contribution in [0.15, 0.2) is 29.2 Å². The third kappa shape index (κ3) is 4.74. The van der Waals surface area contributed by atoms with E-state index in [1.165, 1.54) is 0 Å². The van der Waals surface area contributed by atoms with E-state index in [2.05, 4.69) is 4.72 Å². The number of alkyl halides is 1. The fourth-order valence-corrected chi connectivity index (χ4v) is 2.88. The van der Waals surface area contributed by atoms with Gasteiger partial charge in [-0.1, -0.05) is 12.1 Å². The van der Waals surface area contributed by atoms with Crippen LogP contribution in [0.3, 0.4) is 0 Å². The van der Waals surface area contributed by atoms with E-state index in [0.717, 1.165) is 12.0 Å². The van der Waals surface area contributed by atoms with Gasteiger partial charge in [0.2, 0.25) is 10.0 Å². The van der Waals surface area contributed by atoms with Crippen molar-refractivity contribution in [2.75, 3.05) is 26.5 Å². The van der Waals surface area contributed by atoms with Crippen molar-refractivity contribution >= 4 is 21.6 Å². The lowest BCUT2D eigenvalue weighted by atomic mass is 10.1. The van der Waals surface area contributed by atoms with E-state index in [9.17, 15) is 8.42 Å². The Labute approximate surface area is 127 Å². The fraction of sp³-hybridized carbons (Fsp3) is 0.571. The van der Waals surface area contributed by atoms with E-state index >= 15 is 0 Å². The summed E-state index contributed by atoms with van der Waals surface area (Å²) in [5.41, 5.74) is 0.790. The van der Waals surface area contributed by atoms with E-state index in [-0.39, 0.29) is 10.4 Å². The molecule has 0 bridgehead atoms. The standard InChI is InChI=1S/C14H23ClN2O2S/c1-14(2,17(3)4)11-16-20(18,19)13-7-5-12(6-8-13)9-10-15/h5-8,16H,9-11H2,1-4H3. The van der Waals surface area contributed by atoms with Gasteiger partial charge in [0.15, 0.2) is 0 Å². The molecule has 0 spiro atoms. The number of nitrogens with one attached hydrogen (secondary N) is 1. The first kappa shape index (κ1) is 17.4. The summed E-state index contributed by atoms with van der Waals surface area (Å²) in [6, 6.07) is 6.84. The van der Waals surface area contributed by atoms with Crippen molar-refractivity contribution in [1.82, 2.24) is 9.62 Å². The number of likely N-dealkylation sites (N-methyl/N-ethyl adjacent to an activating group) is 1. The first-order valence-electron chi connectivity index (χ1n) is 6.51. The van der Waals surface area contributed by atoms with Crippen molar-refractivity contribution in [2.45, 2.75) is 30.7 Å². The quantitative estimate of drug-likeness (QED) is 0.783. The molecule has 0 aliphatic rings. The second-order valence-corrected chi connectivity index (χ2v) is 7.76. The second kappa shape index (κ2) is 6.89. The van der Waals surface area contributed by atoms with Crippen molar-refractivity contribution in [2.24, 2.45) is 0 Å². The van der Waals surface area contributed by atoms with E-state index in [1.54, 1.807) is 24.3 Å². The van der Waals surface area contributed by atoms with Crippen LogP contribution in [0, 0.1) is 0 Å². The highest BCUT2D eigenvalue weighted by Gasteiger charge is 2.24. The number of aryl methyl sites for hydroxylation is 1. The Morgan fingerprint density at radius 2 is 1.75 bits per heavy atom. The molecule has 1 aromatic rings. The molecule has 0 fully saturated rings. The zero-order valence-electron chi connectivity index (χ0n) is 12.5. The summed E-state index contributed by atoms with van der Waals surface area (Å²) in [6.45, 7) is 4.32. The number of hydrogen-bond donors (Lipinski definition) is 1. The predicted octanol–water partition coefficient (Wildman–Crippen LogP) is 2.09. The van der Waals surface area contributed by atoms with E-state index < -0.39 is 10.0 Å². The minimum absolute atomic E-state index is 0.244. The van der Waals surface area contributed by atoms with Crippen molar-refractivity contribution in [3.8, 4) is 0 Å². The summed E-state index contributed by atoms with van der Waals surface area (Å²) in [5, 5.41) is 0. The first-order chi connectivity index (χ1) is 9.19. The maximum Gasteiger partial charge on any atom is 0.240 e. The van der Waals surface area contributed by atoms with E-state index in [1.807, 2.05) is 32.8 Å². The Balaban J connectivity index is 2.79. The van der Waals surface area contributed by atoms with Crippen LogP contribution >= 0.6 is 11.6 Å². The summed E-state index contributed by atoms with van der Waals surface area (Å²) in [6.07, 6.45) is 0.739. The maximum absolute atomic E-state index is 12.2. The van der Waals surface area contributed by atoms with Gasteiger partial charge in [-0.15, -0.1) is 11.6 Å². The lowest BCUT2D eigenvalue weighted by Crippen LogP contribution is -2.48. The van der Waals surface area contributed by atoms with Gasteiger partial charge in [0.05, 0.1) is 4.90 Å². The van der Waals surface area contributed by atoms with Crippen LogP contribution < -0.4 is 4.72 Å². The van der Waals surface area contributed by atoms with Crippen LogP contribution in [0.25, 0.3) is 0 Å². The average molecular weight is 319 g/mol. The van der Waals surface area contributed by atoms with E-state index in [4.69, 9.17) is 11.6 Å². The minimum Gasteiger partial charge on any atom is -0.303 e. The Kier molecular flexibility index (Phi) is 6.01. The molecule has 0 saturated carbocycles. The van der Waals surface area contributed by atoms with Crippen LogP contribution in [0.1, 0.15) is 19.4 Å². The molecule has 1 rings (SSSR count). The first-order valence-corrected chi connectivity index (χ1v) is 8.53. The molecule has 0 heterocycles. The lowest BCUT2D eigenvalue weighted by molar-refractivity contribution is 0.199. The molecule has 0 amide bonds. The SMILES string of the molecule is CN(C)C(C)(C)CNS(=O)(=O)c1ccc(CCCl)cc1.